The largest absolute Gasteiger partial charge is 0.326 e. The van der Waals surface area contributed by atoms with Crippen LogP contribution in [0.2, 0.25) is 0 Å². The Labute approximate surface area is 130 Å². The van der Waals surface area contributed by atoms with Crippen molar-refractivity contribution in [2.75, 3.05) is 5.32 Å². The maximum atomic E-state index is 12.1. The van der Waals surface area contributed by atoms with E-state index in [9.17, 15) is 4.79 Å². The fraction of sp³-hybridized carbons (Fsp3) is 0.263. The van der Waals surface area contributed by atoms with Crippen molar-refractivity contribution in [1.82, 2.24) is 0 Å². The number of aryl methyl sites for hydroxylation is 2. The molecule has 1 N–H and O–H groups in total. The molecular weight excluding hydrogens is 272 g/mol. The fourth-order valence-corrected chi connectivity index (χ4v) is 2.92. The number of fused-ring (bicyclic) bond motifs is 1. The Morgan fingerprint density at radius 1 is 1.05 bits per heavy atom. The Bertz CT molecular complexity index is 726. The number of benzene rings is 2. The number of carbonyl (C=O) groups excluding carboxylic acids is 1. The number of rotatable bonds is 4. The smallest absolute Gasteiger partial charge is 0.228 e. The summed E-state index contributed by atoms with van der Waals surface area (Å²) in [6.45, 7) is 0. The zero-order valence-electron chi connectivity index (χ0n) is 12.4. The number of nitrogens with zero attached hydrogens (tertiary/aromatic N) is 1. The second kappa shape index (κ2) is 6.44. The van der Waals surface area contributed by atoms with Gasteiger partial charge in [0.05, 0.1) is 18.9 Å². The molecular formula is C19H18N2O. The van der Waals surface area contributed by atoms with E-state index in [1.807, 2.05) is 24.3 Å². The summed E-state index contributed by atoms with van der Waals surface area (Å²) in [7, 11) is 0. The molecule has 1 amide bonds. The summed E-state index contributed by atoms with van der Waals surface area (Å²) >= 11 is 0. The summed E-state index contributed by atoms with van der Waals surface area (Å²) in [4.78, 5) is 12.1. The van der Waals surface area contributed by atoms with Gasteiger partial charge in [-0.05, 0) is 53.6 Å². The average Bonchev–Trinajstić information content (AvgIpc) is 2.97. The number of hydrogen-bond acceptors (Lipinski definition) is 2. The lowest BCUT2D eigenvalue weighted by molar-refractivity contribution is -0.115. The number of anilines is 1. The topological polar surface area (TPSA) is 52.9 Å². The number of nitriles is 1. The van der Waals surface area contributed by atoms with Crippen molar-refractivity contribution in [2.45, 2.75) is 32.1 Å². The maximum Gasteiger partial charge on any atom is 0.228 e. The van der Waals surface area contributed by atoms with Crippen molar-refractivity contribution in [2.24, 2.45) is 0 Å². The van der Waals surface area contributed by atoms with Gasteiger partial charge in [0.15, 0.2) is 0 Å². The predicted molar refractivity (Wildman–Crippen MR) is 86.6 cm³/mol. The van der Waals surface area contributed by atoms with Crippen molar-refractivity contribution < 1.29 is 4.79 Å². The van der Waals surface area contributed by atoms with E-state index in [0.717, 1.165) is 29.7 Å². The molecule has 2 aromatic carbocycles. The van der Waals surface area contributed by atoms with Crippen molar-refractivity contribution in [3.05, 3.63) is 64.7 Å². The molecule has 0 saturated heterocycles. The first-order valence-corrected chi connectivity index (χ1v) is 7.61. The molecule has 1 aliphatic carbocycles. The first-order chi connectivity index (χ1) is 10.7. The summed E-state index contributed by atoms with van der Waals surface area (Å²) in [5.74, 6) is -0.00835. The maximum absolute atomic E-state index is 12.1. The Morgan fingerprint density at radius 3 is 2.55 bits per heavy atom. The van der Waals surface area contributed by atoms with E-state index in [2.05, 4.69) is 29.6 Å². The molecule has 1 aliphatic rings. The molecule has 3 nitrogen and oxygen atoms in total. The Hall–Kier alpha value is -2.60. The first-order valence-electron chi connectivity index (χ1n) is 7.61. The zero-order chi connectivity index (χ0) is 15.4. The quantitative estimate of drug-likeness (QED) is 0.938. The molecule has 0 aromatic heterocycles. The van der Waals surface area contributed by atoms with Gasteiger partial charge in [0.2, 0.25) is 5.91 Å². The predicted octanol–water partition coefficient (Wildman–Crippen LogP) is 3.42. The van der Waals surface area contributed by atoms with Gasteiger partial charge in [-0.1, -0.05) is 30.3 Å². The lowest BCUT2D eigenvalue weighted by atomic mass is 10.0. The average molecular weight is 290 g/mol. The molecule has 110 valence electrons. The second-order valence-electron chi connectivity index (χ2n) is 5.71. The molecule has 0 bridgehead atoms. The van der Waals surface area contributed by atoms with Gasteiger partial charge in [-0.2, -0.15) is 5.26 Å². The number of carbonyl (C=O) groups is 1. The minimum atomic E-state index is -0.00835. The molecule has 3 heteroatoms. The van der Waals surface area contributed by atoms with E-state index in [1.54, 1.807) is 0 Å². The van der Waals surface area contributed by atoms with Crippen LogP contribution in [-0.2, 0) is 30.5 Å². The van der Waals surface area contributed by atoms with Crippen LogP contribution in [0.1, 0.15) is 28.7 Å². The van der Waals surface area contributed by atoms with Crippen LogP contribution in [0.25, 0.3) is 0 Å². The first kappa shape index (κ1) is 14.3. The highest BCUT2D eigenvalue weighted by Crippen LogP contribution is 2.23. The molecule has 0 fully saturated rings. The summed E-state index contributed by atoms with van der Waals surface area (Å²) in [5.41, 5.74) is 5.62. The molecule has 0 aliphatic heterocycles. The summed E-state index contributed by atoms with van der Waals surface area (Å²) in [5, 5.41) is 11.6. The lowest BCUT2D eigenvalue weighted by Crippen LogP contribution is -2.14. The summed E-state index contributed by atoms with van der Waals surface area (Å²) in [6.07, 6.45) is 4.30. The van der Waals surface area contributed by atoms with Gasteiger partial charge in [0, 0.05) is 5.69 Å². The van der Waals surface area contributed by atoms with Crippen LogP contribution < -0.4 is 5.32 Å². The van der Waals surface area contributed by atoms with Crippen LogP contribution in [0.5, 0.6) is 0 Å². The second-order valence-corrected chi connectivity index (χ2v) is 5.71. The fourth-order valence-electron chi connectivity index (χ4n) is 2.92. The van der Waals surface area contributed by atoms with Crippen LogP contribution >= 0.6 is 0 Å². The molecule has 0 radical (unpaired) electrons. The van der Waals surface area contributed by atoms with Crippen LogP contribution in [0.3, 0.4) is 0 Å². The Balaban J connectivity index is 1.61. The molecule has 0 atom stereocenters. The number of nitrogens with one attached hydrogen (secondary N) is 1. The van der Waals surface area contributed by atoms with E-state index >= 15 is 0 Å². The Morgan fingerprint density at radius 2 is 1.77 bits per heavy atom. The van der Waals surface area contributed by atoms with Gasteiger partial charge >= 0.3 is 0 Å². The molecule has 0 saturated carbocycles. The van der Waals surface area contributed by atoms with Crippen LogP contribution in [-0.4, -0.2) is 5.91 Å². The highest BCUT2D eigenvalue weighted by atomic mass is 16.1. The van der Waals surface area contributed by atoms with Gasteiger partial charge in [0.1, 0.15) is 0 Å². The van der Waals surface area contributed by atoms with Crippen LogP contribution in [0.15, 0.2) is 42.5 Å². The van der Waals surface area contributed by atoms with E-state index in [4.69, 9.17) is 5.26 Å². The van der Waals surface area contributed by atoms with Gasteiger partial charge in [-0.15, -0.1) is 0 Å². The molecule has 0 heterocycles. The minimum Gasteiger partial charge on any atom is -0.326 e. The van der Waals surface area contributed by atoms with E-state index < -0.39 is 0 Å². The standard InChI is InChI=1S/C19H18N2O/c20-11-10-14-5-8-18(9-6-14)21-19(22)13-15-4-7-16-2-1-3-17(16)12-15/h4-9,12H,1-3,10,13H2,(H,21,22). The van der Waals surface area contributed by atoms with Gasteiger partial charge in [-0.3, -0.25) is 4.79 Å². The molecule has 0 spiro atoms. The minimum absolute atomic E-state index is 0.00835. The third-order valence-electron chi connectivity index (χ3n) is 4.05. The van der Waals surface area contributed by atoms with Crippen molar-refractivity contribution in [3.8, 4) is 6.07 Å². The van der Waals surface area contributed by atoms with Gasteiger partial charge in [-0.25, -0.2) is 0 Å². The number of amides is 1. The van der Waals surface area contributed by atoms with Crippen molar-refractivity contribution in [1.29, 1.82) is 5.26 Å². The van der Waals surface area contributed by atoms with Crippen molar-refractivity contribution in [3.63, 3.8) is 0 Å². The molecule has 22 heavy (non-hydrogen) atoms. The van der Waals surface area contributed by atoms with Gasteiger partial charge in [0.25, 0.3) is 0 Å². The molecule has 0 unspecified atom stereocenters. The van der Waals surface area contributed by atoms with Gasteiger partial charge < -0.3 is 5.32 Å². The summed E-state index contributed by atoms with van der Waals surface area (Å²) < 4.78 is 0. The molecule has 2 aromatic rings. The summed E-state index contributed by atoms with van der Waals surface area (Å²) in [6, 6.07) is 15.9. The van der Waals surface area contributed by atoms with E-state index in [0.29, 0.717) is 12.8 Å². The van der Waals surface area contributed by atoms with E-state index in [-0.39, 0.29) is 5.91 Å². The Kier molecular flexibility index (Phi) is 4.20. The van der Waals surface area contributed by atoms with Crippen LogP contribution in [0, 0.1) is 11.3 Å². The number of hydrogen-bond donors (Lipinski definition) is 1. The van der Waals surface area contributed by atoms with Crippen LogP contribution in [0.4, 0.5) is 5.69 Å². The monoisotopic (exact) mass is 290 g/mol. The zero-order valence-corrected chi connectivity index (χ0v) is 12.4. The molecule has 3 rings (SSSR count). The SMILES string of the molecule is N#CCc1ccc(NC(=O)Cc2ccc3c(c2)CCC3)cc1. The third kappa shape index (κ3) is 3.35. The highest BCUT2D eigenvalue weighted by molar-refractivity contribution is 5.92. The lowest BCUT2D eigenvalue weighted by Gasteiger charge is -2.07. The normalized spacial score (nSPS) is 12.5. The highest BCUT2D eigenvalue weighted by Gasteiger charge is 2.12. The van der Waals surface area contributed by atoms with E-state index in [1.165, 1.54) is 17.5 Å². The van der Waals surface area contributed by atoms with Crippen molar-refractivity contribution >= 4 is 11.6 Å². The third-order valence-corrected chi connectivity index (χ3v) is 4.05.